The second-order valence-electron chi connectivity index (χ2n) is 3.55. The predicted octanol–water partition coefficient (Wildman–Crippen LogP) is 3.79. The SMILES string of the molecule is COC(=O)c1ccc(Cl)cc1-c1ccccc1. The predicted molar refractivity (Wildman–Crippen MR) is 68.2 cm³/mol. The molecule has 0 N–H and O–H groups in total. The van der Waals surface area contributed by atoms with E-state index in [4.69, 9.17) is 16.3 Å². The lowest BCUT2D eigenvalue weighted by Gasteiger charge is -2.08. The monoisotopic (exact) mass is 246 g/mol. The van der Waals surface area contributed by atoms with Crippen LogP contribution in [-0.4, -0.2) is 13.1 Å². The molecule has 0 unspecified atom stereocenters. The third-order valence-electron chi connectivity index (χ3n) is 2.47. The largest absolute Gasteiger partial charge is 0.465 e. The van der Waals surface area contributed by atoms with Crippen LogP contribution in [-0.2, 0) is 4.74 Å². The van der Waals surface area contributed by atoms with Crippen molar-refractivity contribution >= 4 is 17.6 Å². The van der Waals surface area contributed by atoms with Crippen LogP contribution in [0.15, 0.2) is 48.5 Å². The summed E-state index contributed by atoms with van der Waals surface area (Å²) in [6, 6.07) is 14.7. The second-order valence-corrected chi connectivity index (χ2v) is 3.98. The summed E-state index contributed by atoms with van der Waals surface area (Å²) in [5.74, 6) is -0.361. The van der Waals surface area contributed by atoms with E-state index < -0.39 is 0 Å². The van der Waals surface area contributed by atoms with Crippen LogP contribution in [0.4, 0.5) is 0 Å². The highest BCUT2D eigenvalue weighted by Crippen LogP contribution is 2.27. The summed E-state index contributed by atoms with van der Waals surface area (Å²) < 4.78 is 4.76. The molecule has 2 aromatic rings. The highest BCUT2D eigenvalue weighted by molar-refractivity contribution is 6.31. The number of rotatable bonds is 2. The summed E-state index contributed by atoms with van der Waals surface area (Å²) >= 11 is 5.96. The van der Waals surface area contributed by atoms with Crippen LogP contribution in [0.5, 0.6) is 0 Å². The Kier molecular flexibility index (Phi) is 3.45. The maximum absolute atomic E-state index is 11.7. The van der Waals surface area contributed by atoms with Gasteiger partial charge in [-0.15, -0.1) is 0 Å². The van der Waals surface area contributed by atoms with Gasteiger partial charge in [-0.2, -0.15) is 0 Å². The average Bonchev–Trinajstić information content (AvgIpc) is 2.39. The number of halogens is 1. The van der Waals surface area contributed by atoms with Gasteiger partial charge < -0.3 is 4.74 Å². The second kappa shape index (κ2) is 5.02. The quantitative estimate of drug-likeness (QED) is 0.754. The van der Waals surface area contributed by atoms with Gasteiger partial charge in [-0.3, -0.25) is 0 Å². The Hall–Kier alpha value is -1.80. The maximum Gasteiger partial charge on any atom is 0.338 e. The molecule has 0 aromatic heterocycles. The molecule has 0 aliphatic carbocycles. The lowest BCUT2D eigenvalue weighted by atomic mass is 10.00. The average molecular weight is 247 g/mol. The Morgan fingerprint density at radius 2 is 1.82 bits per heavy atom. The minimum atomic E-state index is -0.361. The zero-order valence-corrected chi connectivity index (χ0v) is 10.1. The van der Waals surface area contributed by atoms with Gasteiger partial charge in [0.15, 0.2) is 0 Å². The number of hydrogen-bond acceptors (Lipinski definition) is 2. The maximum atomic E-state index is 11.7. The van der Waals surface area contributed by atoms with E-state index in [1.54, 1.807) is 18.2 Å². The third kappa shape index (κ3) is 2.48. The van der Waals surface area contributed by atoms with E-state index in [1.165, 1.54) is 7.11 Å². The van der Waals surface area contributed by atoms with Crippen LogP contribution < -0.4 is 0 Å². The molecule has 0 bridgehead atoms. The van der Waals surface area contributed by atoms with E-state index >= 15 is 0 Å². The van der Waals surface area contributed by atoms with E-state index in [1.807, 2.05) is 30.3 Å². The molecule has 86 valence electrons. The van der Waals surface area contributed by atoms with Gasteiger partial charge in [0.25, 0.3) is 0 Å². The van der Waals surface area contributed by atoms with E-state index in [0.29, 0.717) is 10.6 Å². The first kappa shape index (κ1) is 11.7. The van der Waals surface area contributed by atoms with Gasteiger partial charge in [0, 0.05) is 5.02 Å². The van der Waals surface area contributed by atoms with Crippen LogP contribution >= 0.6 is 11.6 Å². The zero-order valence-electron chi connectivity index (χ0n) is 9.31. The fraction of sp³-hybridized carbons (Fsp3) is 0.0714. The standard InChI is InChI=1S/C14H11ClO2/c1-17-14(16)12-8-7-11(15)9-13(12)10-5-3-2-4-6-10/h2-9H,1H3. The number of benzene rings is 2. The molecule has 0 aliphatic rings. The van der Waals surface area contributed by atoms with Crippen LogP contribution in [0.1, 0.15) is 10.4 Å². The Morgan fingerprint density at radius 1 is 1.12 bits per heavy atom. The molecule has 0 saturated heterocycles. The van der Waals surface area contributed by atoms with Crippen molar-refractivity contribution in [2.45, 2.75) is 0 Å². The minimum absolute atomic E-state index is 0.361. The van der Waals surface area contributed by atoms with Gasteiger partial charge in [0.05, 0.1) is 12.7 Å². The molecular formula is C14H11ClO2. The van der Waals surface area contributed by atoms with E-state index in [-0.39, 0.29) is 5.97 Å². The van der Waals surface area contributed by atoms with Gasteiger partial charge in [-0.1, -0.05) is 41.9 Å². The summed E-state index contributed by atoms with van der Waals surface area (Å²) in [6.45, 7) is 0. The molecule has 0 heterocycles. The Labute approximate surface area is 105 Å². The van der Waals surface area contributed by atoms with Crippen molar-refractivity contribution in [1.29, 1.82) is 0 Å². The first-order chi connectivity index (χ1) is 8.22. The van der Waals surface area contributed by atoms with E-state index in [9.17, 15) is 4.79 Å². The fourth-order valence-electron chi connectivity index (χ4n) is 1.66. The summed E-state index contributed by atoms with van der Waals surface area (Å²) in [7, 11) is 1.37. The minimum Gasteiger partial charge on any atom is -0.465 e. The fourth-order valence-corrected chi connectivity index (χ4v) is 1.83. The third-order valence-corrected chi connectivity index (χ3v) is 2.71. The Balaban J connectivity index is 2.59. The van der Waals surface area contributed by atoms with Gasteiger partial charge in [0.1, 0.15) is 0 Å². The summed E-state index contributed by atoms with van der Waals surface area (Å²) in [4.78, 5) is 11.7. The van der Waals surface area contributed by atoms with Gasteiger partial charge >= 0.3 is 5.97 Å². The molecule has 0 spiro atoms. The molecule has 3 heteroatoms. The van der Waals surface area contributed by atoms with Gasteiger partial charge in [-0.05, 0) is 29.3 Å². The molecule has 0 aliphatic heterocycles. The number of carbonyl (C=O) groups excluding carboxylic acids is 1. The first-order valence-electron chi connectivity index (χ1n) is 5.15. The number of hydrogen-bond donors (Lipinski definition) is 0. The number of carbonyl (C=O) groups is 1. The molecule has 0 fully saturated rings. The number of esters is 1. The lowest BCUT2D eigenvalue weighted by Crippen LogP contribution is -2.03. The lowest BCUT2D eigenvalue weighted by molar-refractivity contribution is 0.0601. The van der Waals surface area contributed by atoms with Gasteiger partial charge in [0.2, 0.25) is 0 Å². The molecule has 0 amide bonds. The Morgan fingerprint density at radius 3 is 2.47 bits per heavy atom. The molecule has 2 nitrogen and oxygen atoms in total. The summed E-state index contributed by atoms with van der Waals surface area (Å²) in [6.07, 6.45) is 0. The van der Waals surface area contributed by atoms with Crippen LogP contribution in [0.3, 0.4) is 0 Å². The highest BCUT2D eigenvalue weighted by Gasteiger charge is 2.13. The van der Waals surface area contributed by atoms with Crippen LogP contribution in [0, 0.1) is 0 Å². The highest BCUT2D eigenvalue weighted by atomic mass is 35.5. The van der Waals surface area contributed by atoms with Crippen molar-refractivity contribution < 1.29 is 9.53 Å². The van der Waals surface area contributed by atoms with Crippen LogP contribution in [0.2, 0.25) is 5.02 Å². The topological polar surface area (TPSA) is 26.3 Å². The van der Waals surface area contributed by atoms with Gasteiger partial charge in [-0.25, -0.2) is 4.79 Å². The summed E-state index contributed by atoms with van der Waals surface area (Å²) in [5.41, 5.74) is 2.24. The van der Waals surface area contributed by atoms with Crippen molar-refractivity contribution in [3.05, 3.63) is 59.1 Å². The number of methoxy groups -OCH3 is 1. The normalized spacial score (nSPS) is 10.0. The zero-order chi connectivity index (χ0) is 12.3. The Bertz CT molecular complexity index is 535. The van der Waals surface area contributed by atoms with E-state index in [2.05, 4.69) is 0 Å². The molecular weight excluding hydrogens is 236 g/mol. The molecule has 0 radical (unpaired) electrons. The van der Waals surface area contributed by atoms with Crippen molar-refractivity contribution in [2.75, 3.05) is 7.11 Å². The molecule has 0 atom stereocenters. The molecule has 2 aromatic carbocycles. The van der Waals surface area contributed by atoms with Crippen LogP contribution in [0.25, 0.3) is 11.1 Å². The first-order valence-corrected chi connectivity index (χ1v) is 5.53. The van der Waals surface area contributed by atoms with Crippen molar-refractivity contribution in [3.63, 3.8) is 0 Å². The molecule has 2 rings (SSSR count). The van der Waals surface area contributed by atoms with Crippen molar-refractivity contribution in [1.82, 2.24) is 0 Å². The number of ether oxygens (including phenoxy) is 1. The summed E-state index contributed by atoms with van der Waals surface area (Å²) in [5, 5.41) is 0.594. The molecule has 17 heavy (non-hydrogen) atoms. The van der Waals surface area contributed by atoms with E-state index in [0.717, 1.165) is 11.1 Å². The van der Waals surface area contributed by atoms with Crippen molar-refractivity contribution in [2.24, 2.45) is 0 Å². The molecule has 0 saturated carbocycles. The van der Waals surface area contributed by atoms with Crippen molar-refractivity contribution in [3.8, 4) is 11.1 Å². The smallest absolute Gasteiger partial charge is 0.338 e.